The van der Waals surface area contributed by atoms with E-state index < -0.39 is 17.7 Å². The van der Waals surface area contributed by atoms with E-state index in [2.05, 4.69) is 21.2 Å². The van der Waals surface area contributed by atoms with Gasteiger partial charge in [-0.3, -0.25) is 0 Å². The van der Waals surface area contributed by atoms with Crippen molar-refractivity contribution in [1.82, 2.24) is 10.2 Å². The summed E-state index contributed by atoms with van der Waals surface area (Å²) < 4.78 is 6.22. The van der Waals surface area contributed by atoms with Crippen LogP contribution in [0, 0.1) is 0 Å². The van der Waals surface area contributed by atoms with Gasteiger partial charge in [0.15, 0.2) is 0 Å². The average molecular weight is 386 g/mol. The number of imide groups is 1. The number of amides is 3. The van der Waals surface area contributed by atoms with E-state index in [1.165, 1.54) is 0 Å². The summed E-state index contributed by atoms with van der Waals surface area (Å²) in [5, 5.41) is 2.72. The Morgan fingerprint density at radius 2 is 1.87 bits per heavy atom. The van der Waals surface area contributed by atoms with Gasteiger partial charge in [-0.2, -0.15) is 0 Å². The van der Waals surface area contributed by atoms with Gasteiger partial charge in [0.05, 0.1) is 0 Å². The molecule has 0 spiro atoms. The van der Waals surface area contributed by atoms with Crippen LogP contribution in [0.2, 0.25) is 0 Å². The molecule has 1 aromatic carbocycles. The van der Waals surface area contributed by atoms with E-state index in [0.29, 0.717) is 13.0 Å². The van der Waals surface area contributed by atoms with Crippen LogP contribution in [-0.4, -0.2) is 42.3 Å². The lowest BCUT2D eigenvalue weighted by molar-refractivity contribution is 0.0325. The van der Waals surface area contributed by atoms with Crippen molar-refractivity contribution in [2.24, 2.45) is 5.73 Å². The molecule has 0 fully saturated rings. The summed E-state index contributed by atoms with van der Waals surface area (Å²) in [5.41, 5.74) is 5.90. The molecule has 128 valence electrons. The Kier molecular flexibility index (Phi) is 7.51. The molecule has 0 saturated heterocycles. The molecular weight excluding hydrogens is 362 g/mol. The molecule has 3 amide bonds. The molecular formula is C16H24BrN3O3. The van der Waals surface area contributed by atoms with Crippen molar-refractivity contribution in [3.05, 3.63) is 34.3 Å². The average Bonchev–Trinajstić information content (AvgIpc) is 2.44. The quantitative estimate of drug-likeness (QED) is 0.815. The van der Waals surface area contributed by atoms with E-state index in [9.17, 15) is 9.59 Å². The first-order valence-electron chi connectivity index (χ1n) is 7.46. The van der Waals surface area contributed by atoms with E-state index in [0.717, 1.165) is 14.9 Å². The molecule has 0 aliphatic rings. The number of hydrogen-bond donors (Lipinski definition) is 2. The lowest BCUT2D eigenvalue weighted by Crippen LogP contribution is -2.48. The molecule has 0 radical (unpaired) electrons. The Hall–Kier alpha value is -1.60. The number of carbonyl (C=O) groups is 2. The fourth-order valence-corrected chi connectivity index (χ4v) is 2.05. The normalized spacial score (nSPS) is 11.0. The lowest BCUT2D eigenvalue weighted by atomic mass is 10.1. The van der Waals surface area contributed by atoms with Gasteiger partial charge in [-0.05, 0) is 44.9 Å². The maximum Gasteiger partial charge on any atom is 0.418 e. The Labute approximate surface area is 145 Å². The Bertz CT molecular complexity index is 526. The molecule has 0 aliphatic carbocycles. The molecule has 1 rings (SSSR count). The standard InChI is InChI=1S/C16H24BrN3O3/c1-16(2,3)23-15(22)20(11-9-18)14(21)19-10-8-12-4-6-13(17)7-5-12/h4-7H,8-11,18H2,1-3H3,(H,19,21). The van der Waals surface area contributed by atoms with E-state index in [-0.39, 0.29) is 13.1 Å². The van der Waals surface area contributed by atoms with Gasteiger partial charge in [0, 0.05) is 24.1 Å². The number of urea groups is 1. The van der Waals surface area contributed by atoms with Gasteiger partial charge >= 0.3 is 12.1 Å². The van der Waals surface area contributed by atoms with Crippen molar-refractivity contribution in [2.75, 3.05) is 19.6 Å². The summed E-state index contributed by atoms with van der Waals surface area (Å²) in [4.78, 5) is 25.2. The molecule has 23 heavy (non-hydrogen) atoms. The summed E-state index contributed by atoms with van der Waals surface area (Å²) in [6, 6.07) is 7.34. The first-order chi connectivity index (χ1) is 10.7. The van der Waals surface area contributed by atoms with Crippen molar-refractivity contribution in [3.63, 3.8) is 0 Å². The van der Waals surface area contributed by atoms with Crippen LogP contribution >= 0.6 is 15.9 Å². The van der Waals surface area contributed by atoms with Gasteiger partial charge in [-0.25, -0.2) is 14.5 Å². The highest BCUT2D eigenvalue weighted by Gasteiger charge is 2.26. The minimum Gasteiger partial charge on any atom is -0.443 e. The summed E-state index contributed by atoms with van der Waals surface area (Å²) in [6.45, 7) is 5.95. The zero-order valence-corrected chi connectivity index (χ0v) is 15.4. The highest BCUT2D eigenvalue weighted by atomic mass is 79.9. The molecule has 0 bridgehead atoms. The molecule has 3 N–H and O–H groups in total. The lowest BCUT2D eigenvalue weighted by Gasteiger charge is -2.26. The van der Waals surface area contributed by atoms with Crippen LogP contribution in [0.15, 0.2) is 28.7 Å². The second kappa shape index (κ2) is 8.88. The van der Waals surface area contributed by atoms with Crippen molar-refractivity contribution < 1.29 is 14.3 Å². The number of benzene rings is 1. The van der Waals surface area contributed by atoms with Crippen molar-refractivity contribution in [3.8, 4) is 0 Å². The zero-order valence-electron chi connectivity index (χ0n) is 13.8. The topological polar surface area (TPSA) is 84.7 Å². The number of rotatable bonds is 5. The molecule has 0 aliphatic heterocycles. The van der Waals surface area contributed by atoms with Crippen LogP contribution in [0.3, 0.4) is 0 Å². The van der Waals surface area contributed by atoms with Gasteiger partial charge in [-0.1, -0.05) is 28.1 Å². The van der Waals surface area contributed by atoms with E-state index in [4.69, 9.17) is 10.5 Å². The Morgan fingerprint density at radius 3 is 2.39 bits per heavy atom. The van der Waals surface area contributed by atoms with Crippen LogP contribution < -0.4 is 11.1 Å². The zero-order chi connectivity index (χ0) is 17.5. The molecule has 0 unspecified atom stereocenters. The maximum absolute atomic E-state index is 12.2. The number of nitrogens with one attached hydrogen (secondary N) is 1. The van der Waals surface area contributed by atoms with Crippen molar-refractivity contribution in [1.29, 1.82) is 0 Å². The van der Waals surface area contributed by atoms with E-state index in [1.807, 2.05) is 24.3 Å². The third kappa shape index (κ3) is 7.47. The SMILES string of the molecule is CC(C)(C)OC(=O)N(CCN)C(=O)NCCc1ccc(Br)cc1. The van der Waals surface area contributed by atoms with Crippen molar-refractivity contribution >= 4 is 28.1 Å². The second-order valence-corrected chi connectivity index (χ2v) is 6.94. The van der Waals surface area contributed by atoms with Crippen LogP contribution in [0.4, 0.5) is 9.59 Å². The number of nitrogens with zero attached hydrogens (tertiary/aromatic N) is 1. The molecule has 0 atom stereocenters. The Balaban J connectivity index is 2.53. The predicted molar refractivity (Wildman–Crippen MR) is 93.2 cm³/mol. The smallest absolute Gasteiger partial charge is 0.418 e. The summed E-state index contributed by atoms with van der Waals surface area (Å²) in [6.07, 6.45) is -0.0202. The monoisotopic (exact) mass is 385 g/mol. The fraction of sp³-hybridized carbons (Fsp3) is 0.500. The third-order valence-electron chi connectivity index (χ3n) is 2.81. The third-order valence-corrected chi connectivity index (χ3v) is 3.34. The van der Waals surface area contributed by atoms with Gasteiger partial charge in [-0.15, -0.1) is 0 Å². The number of carbonyl (C=O) groups excluding carboxylic acids is 2. The maximum atomic E-state index is 12.2. The Morgan fingerprint density at radius 1 is 1.26 bits per heavy atom. The summed E-state index contributed by atoms with van der Waals surface area (Å²) in [7, 11) is 0. The molecule has 6 nitrogen and oxygen atoms in total. The van der Waals surface area contributed by atoms with E-state index >= 15 is 0 Å². The number of hydrogen-bond acceptors (Lipinski definition) is 4. The highest BCUT2D eigenvalue weighted by Crippen LogP contribution is 2.11. The highest BCUT2D eigenvalue weighted by molar-refractivity contribution is 9.10. The predicted octanol–water partition coefficient (Wildman–Crippen LogP) is 2.90. The molecule has 0 heterocycles. The molecule has 0 aromatic heterocycles. The first kappa shape index (κ1) is 19.4. The second-order valence-electron chi connectivity index (χ2n) is 6.03. The van der Waals surface area contributed by atoms with Crippen LogP contribution in [0.5, 0.6) is 0 Å². The molecule has 1 aromatic rings. The van der Waals surface area contributed by atoms with E-state index in [1.54, 1.807) is 20.8 Å². The fourth-order valence-electron chi connectivity index (χ4n) is 1.78. The van der Waals surface area contributed by atoms with Crippen LogP contribution in [0.25, 0.3) is 0 Å². The molecule has 0 saturated carbocycles. The number of ether oxygens (including phenoxy) is 1. The van der Waals surface area contributed by atoms with Gasteiger partial charge in [0.2, 0.25) is 0 Å². The summed E-state index contributed by atoms with van der Waals surface area (Å²) >= 11 is 3.37. The molecule has 7 heteroatoms. The largest absolute Gasteiger partial charge is 0.443 e. The number of nitrogens with two attached hydrogens (primary N) is 1. The first-order valence-corrected chi connectivity index (χ1v) is 8.25. The minimum atomic E-state index is -0.691. The number of halogens is 1. The van der Waals surface area contributed by atoms with Crippen LogP contribution in [-0.2, 0) is 11.2 Å². The van der Waals surface area contributed by atoms with Gasteiger partial charge in [0.1, 0.15) is 5.60 Å². The van der Waals surface area contributed by atoms with Crippen molar-refractivity contribution in [2.45, 2.75) is 32.8 Å². The summed E-state index contributed by atoms with van der Waals surface area (Å²) in [5.74, 6) is 0. The minimum absolute atomic E-state index is 0.110. The van der Waals surface area contributed by atoms with Crippen LogP contribution in [0.1, 0.15) is 26.3 Å². The van der Waals surface area contributed by atoms with Gasteiger partial charge < -0.3 is 15.8 Å². The van der Waals surface area contributed by atoms with Gasteiger partial charge in [0.25, 0.3) is 0 Å².